The minimum absolute atomic E-state index is 0.0354. The largest absolute Gasteiger partial charge is 0.495 e. The van der Waals surface area contributed by atoms with Crippen LogP contribution in [0.4, 0.5) is 5.13 Å². The minimum Gasteiger partial charge on any atom is -0.495 e. The van der Waals surface area contributed by atoms with E-state index in [1.54, 1.807) is 49.2 Å². The highest BCUT2D eigenvalue weighted by molar-refractivity contribution is 7.22. The smallest absolute Gasteiger partial charge is 0.262 e. The van der Waals surface area contributed by atoms with E-state index in [2.05, 4.69) is 15.3 Å². The summed E-state index contributed by atoms with van der Waals surface area (Å²) in [6, 6.07) is 7.00. The average molecular weight is 424 g/mol. The molecule has 0 atom stereocenters. The Morgan fingerprint density at radius 2 is 1.87 bits per heavy atom. The van der Waals surface area contributed by atoms with Gasteiger partial charge in [-0.25, -0.2) is 9.97 Å². The number of carbonyl (C=O) groups is 1. The second-order valence-electron chi connectivity index (χ2n) is 6.60. The Morgan fingerprint density at radius 1 is 1.13 bits per heavy atom. The molecule has 0 bridgehead atoms. The van der Waals surface area contributed by atoms with Gasteiger partial charge in [0.2, 0.25) is 5.43 Å². The van der Waals surface area contributed by atoms with Gasteiger partial charge in [0.25, 0.3) is 5.91 Å². The summed E-state index contributed by atoms with van der Waals surface area (Å²) in [5.74, 6) is 0.675. The molecule has 1 amide bonds. The highest BCUT2D eigenvalue weighted by atomic mass is 32.1. The number of hydrogen-bond donors (Lipinski definition) is 1. The van der Waals surface area contributed by atoms with Crippen LogP contribution < -0.4 is 20.2 Å². The minimum atomic E-state index is -0.526. The number of nitrogens with one attached hydrogen (secondary N) is 1. The molecule has 0 aliphatic carbocycles. The summed E-state index contributed by atoms with van der Waals surface area (Å²) in [5.41, 5.74) is 1.62. The first-order valence-corrected chi connectivity index (χ1v) is 10.1. The number of fused-ring (bicyclic) bond motifs is 2. The molecule has 9 heteroatoms. The van der Waals surface area contributed by atoms with Crippen LogP contribution in [0.25, 0.3) is 21.3 Å². The van der Waals surface area contributed by atoms with Gasteiger partial charge in [0, 0.05) is 18.4 Å². The molecule has 1 aromatic carbocycles. The Balaban J connectivity index is 1.78. The number of thiazole rings is 1. The number of benzene rings is 1. The summed E-state index contributed by atoms with van der Waals surface area (Å²) >= 11 is 1.25. The fourth-order valence-corrected chi connectivity index (χ4v) is 4.24. The van der Waals surface area contributed by atoms with Crippen molar-refractivity contribution in [3.8, 4) is 11.5 Å². The quantitative estimate of drug-likeness (QED) is 0.526. The molecule has 0 saturated heterocycles. The molecule has 8 nitrogen and oxygen atoms in total. The Kier molecular flexibility index (Phi) is 5.13. The van der Waals surface area contributed by atoms with Crippen LogP contribution in [0.2, 0.25) is 0 Å². The van der Waals surface area contributed by atoms with Crippen LogP contribution in [0.15, 0.2) is 35.3 Å². The predicted molar refractivity (Wildman–Crippen MR) is 117 cm³/mol. The predicted octanol–water partition coefficient (Wildman–Crippen LogP) is 3.60. The lowest BCUT2D eigenvalue weighted by molar-refractivity contribution is 0.102. The lowest BCUT2D eigenvalue weighted by atomic mass is 10.1. The number of amides is 1. The third-order valence-corrected chi connectivity index (χ3v) is 5.76. The molecule has 0 radical (unpaired) electrons. The van der Waals surface area contributed by atoms with Gasteiger partial charge in [-0.05, 0) is 38.1 Å². The molecular formula is C21H20N4O4S. The van der Waals surface area contributed by atoms with E-state index in [-0.39, 0.29) is 11.0 Å². The number of aromatic nitrogens is 3. The molecule has 3 heterocycles. The zero-order valence-corrected chi connectivity index (χ0v) is 17.8. The maximum atomic E-state index is 13.0. The maximum absolute atomic E-state index is 13.0. The van der Waals surface area contributed by atoms with Crippen molar-refractivity contribution in [2.75, 3.05) is 19.5 Å². The first-order valence-electron chi connectivity index (χ1n) is 9.30. The zero-order chi connectivity index (χ0) is 21.4. The van der Waals surface area contributed by atoms with E-state index in [0.29, 0.717) is 39.7 Å². The number of rotatable bonds is 5. The number of aryl methyl sites for hydroxylation is 2. The molecule has 4 aromatic rings. The van der Waals surface area contributed by atoms with E-state index >= 15 is 0 Å². The van der Waals surface area contributed by atoms with Crippen LogP contribution in [0.3, 0.4) is 0 Å². The Morgan fingerprint density at radius 3 is 2.57 bits per heavy atom. The van der Waals surface area contributed by atoms with Crippen molar-refractivity contribution in [3.05, 3.63) is 51.9 Å². The van der Waals surface area contributed by atoms with Crippen molar-refractivity contribution in [1.29, 1.82) is 0 Å². The fraction of sp³-hybridized carbons (Fsp3) is 0.238. The van der Waals surface area contributed by atoms with Gasteiger partial charge in [-0.2, -0.15) is 0 Å². The second kappa shape index (κ2) is 7.75. The number of anilines is 1. The molecule has 4 rings (SSSR count). The van der Waals surface area contributed by atoms with E-state index in [9.17, 15) is 9.59 Å². The lowest BCUT2D eigenvalue weighted by Crippen LogP contribution is -2.24. The van der Waals surface area contributed by atoms with Gasteiger partial charge in [0.15, 0.2) is 5.13 Å². The van der Waals surface area contributed by atoms with E-state index < -0.39 is 5.91 Å². The Hall–Kier alpha value is -3.46. The van der Waals surface area contributed by atoms with Crippen LogP contribution in [-0.2, 0) is 6.54 Å². The van der Waals surface area contributed by atoms with E-state index in [0.717, 1.165) is 10.4 Å². The topological polar surface area (TPSA) is 95.3 Å². The number of nitrogens with zero attached hydrogens (tertiary/aromatic N) is 3. The highest BCUT2D eigenvalue weighted by Crippen LogP contribution is 2.38. The van der Waals surface area contributed by atoms with Crippen LogP contribution in [0.1, 0.15) is 23.0 Å². The van der Waals surface area contributed by atoms with Crippen molar-refractivity contribution in [2.45, 2.75) is 20.4 Å². The second-order valence-corrected chi connectivity index (χ2v) is 7.60. The first-order chi connectivity index (χ1) is 14.5. The molecule has 30 heavy (non-hydrogen) atoms. The van der Waals surface area contributed by atoms with E-state index in [1.165, 1.54) is 11.3 Å². The lowest BCUT2D eigenvalue weighted by Gasteiger charge is -2.11. The summed E-state index contributed by atoms with van der Waals surface area (Å²) in [4.78, 5) is 34.8. The summed E-state index contributed by atoms with van der Waals surface area (Å²) in [6.45, 7) is 4.37. The number of hydrogen-bond acceptors (Lipinski definition) is 7. The summed E-state index contributed by atoms with van der Waals surface area (Å²) < 4.78 is 13.3. The fourth-order valence-electron chi connectivity index (χ4n) is 3.27. The van der Waals surface area contributed by atoms with Gasteiger partial charge in [0.1, 0.15) is 32.9 Å². The van der Waals surface area contributed by atoms with E-state index in [1.807, 2.05) is 13.8 Å². The molecule has 3 aromatic heterocycles. The van der Waals surface area contributed by atoms with Gasteiger partial charge >= 0.3 is 0 Å². The van der Waals surface area contributed by atoms with Gasteiger partial charge in [-0.15, -0.1) is 0 Å². The van der Waals surface area contributed by atoms with E-state index in [4.69, 9.17) is 9.47 Å². The average Bonchev–Trinajstić information content (AvgIpc) is 3.16. The normalized spacial score (nSPS) is 11.1. The van der Waals surface area contributed by atoms with Crippen LogP contribution in [-0.4, -0.2) is 34.7 Å². The molecule has 0 aliphatic rings. The highest BCUT2D eigenvalue weighted by Gasteiger charge is 2.19. The zero-order valence-electron chi connectivity index (χ0n) is 17.0. The van der Waals surface area contributed by atoms with Crippen molar-refractivity contribution in [3.63, 3.8) is 0 Å². The number of pyridine rings is 2. The van der Waals surface area contributed by atoms with Crippen molar-refractivity contribution >= 4 is 43.6 Å². The SMILES string of the molecule is CCn1cc(C(=O)Nc2nc3c(OC)ccc(OC)c3s2)c(=O)c2ccc(C)nc21. The molecule has 154 valence electrons. The van der Waals surface area contributed by atoms with Crippen molar-refractivity contribution in [1.82, 2.24) is 14.5 Å². The van der Waals surface area contributed by atoms with Crippen LogP contribution >= 0.6 is 11.3 Å². The number of ether oxygens (including phenoxy) is 2. The molecule has 0 fully saturated rings. The van der Waals surface area contributed by atoms with Gasteiger partial charge < -0.3 is 14.0 Å². The third kappa shape index (κ3) is 3.26. The van der Waals surface area contributed by atoms with Gasteiger partial charge in [0.05, 0.1) is 19.6 Å². The summed E-state index contributed by atoms with van der Waals surface area (Å²) in [6.07, 6.45) is 1.54. The molecular weight excluding hydrogens is 404 g/mol. The molecule has 1 N–H and O–H groups in total. The summed E-state index contributed by atoms with van der Waals surface area (Å²) in [7, 11) is 3.12. The molecule has 0 spiro atoms. The molecule has 0 unspecified atom stereocenters. The summed E-state index contributed by atoms with van der Waals surface area (Å²) in [5, 5.41) is 3.50. The van der Waals surface area contributed by atoms with Gasteiger partial charge in [-0.3, -0.25) is 14.9 Å². The third-order valence-electron chi connectivity index (χ3n) is 4.78. The van der Waals surface area contributed by atoms with Crippen LogP contribution in [0, 0.1) is 6.92 Å². The van der Waals surface area contributed by atoms with Crippen molar-refractivity contribution in [2.24, 2.45) is 0 Å². The van der Waals surface area contributed by atoms with Crippen molar-refractivity contribution < 1.29 is 14.3 Å². The standard InChI is InChI=1S/C21H20N4O4S/c1-5-25-10-13(17(26)12-7-6-11(2)22-19(12)25)20(27)24-21-23-16-14(28-3)8-9-15(29-4)18(16)30-21/h6-10H,5H2,1-4H3,(H,23,24,27). The monoisotopic (exact) mass is 424 g/mol. The van der Waals surface area contributed by atoms with Gasteiger partial charge in [-0.1, -0.05) is 11.3 Å². The molecule has 0 aliphatic heterocycles. The number of methoxy groups -OCH3 is 2. The van der Waals surface area contributed by atoms with Crippen LogP contribution in [0.5, 0.6) is 11.5 Å². The Labute approximate surface area is 176 Å². The maximum Gasteiger partial charge on any atom is 0.262 e. The Bertz CT molecular complexity index is 1300. The first kappa shape index (κ1) is 19.8. The molecule has 0 saturated carbocycles. The number of carbonyl (C=O) groups excluding carboxylic acids is 1.